The van der Waals surface area contributed by atoms with Crippen molar-refractivity contribution in [3.05, 3.63) is 0 Å². The molecule has 0 aromatic rings. The number of hydrogen-bond acceptors (Lipinski definition) is 4. The third kappa shape index (κ3) is 2.65. The molecular formula is C13H26N2OS. The SMILES string of the molecule is CCC1COC(C)CN1C1(CN)CSC(C)C1. The number of hydrogen-bond donors (Lipinski definition) is 1. The minimum atomic E-state index is 0.225. The molecule has 0 spiro atoms. The van der Waals surface area contributed by atoms with Crippen molar-refractivity contribution >= 4 is 11.8 Å². The molecule has 2 N–H and O–H groups in total. The molecule has 0 saturated carbocycles. The lowest BCUT2D eigenvalue weighted by atomic mass is 9.90. The predicted octanol–water partition coefficient (Wildman–Crippen LogP) is 1.71. The van der Waals surface area contributed by atoms with Gasteiger partial charge in [0.15, 0.2) is 0 Å². The molecule has 2 fully saturated rings. The van der Waals surface area contributed by atoms with Crippen LogP contribution in [0.1, 0.15) is 33.6 Å². The fourth-order valence-electron chi connectivity index (χ4n) is 3.17. The fraction of sp³-hybridized carbons (Fsp3) is 1.00. The van der Waals surface area contributed by atoms with Crippen molar-refractivity contribution in [1.29, 1.82) is 0 Å². The molecule has 3 nitrogen and oxygen atoms in total. The van der Waals surface area contributed by atoms with E-state index in [2.05, 4.69) is 37.4 Å². The Kier molecular flexibility index (Phi) is 4.40. The van der Waals surface area contributed by atoms with Crippen LogP contribution in [0.4, 0.5) is 0 Å². The van der Waals surface area contributed by atoms with Crippen LogP contribution in [0.2, 0.25) is 0 Å². The monoisotopic (exact) mass is 258 g/mol. The Bertz CT molecular complexity index is 264. The summed E-state index contributed by atoms with van der Waals surface area (Å²) in [4.78, 5) is 2.66. The second kappa shape index (κ2) is 5.47. The summed E-state index contributed by atoms with van der Waals surface area (Å²) in [6.07, 6.45) is 2.74. The number of thioether (sulfide) groups is 1. The Morgan fingerprint density at radius 1 is 1.47 bits per heavy atom. The molecule has 4 heteroatoms. The van der Waals surface area contributed by atoms with E-state index in [0.717, 1.165) is 31.4 Å². The van der Waals surface area contributed by atoms with Crippen LogP contribution in [-0.2, 0) is 4.74 Å². The van der Waals surface area contributed by atoms with Crippen molar-refractivity contribution < 1.29 is 4.74 Å². The van der Waals surface area contributed by atoms with E-state index >= 15 is 0 Å². The largest absolute Gasteiger partial charge is 0.376 e. The van der Waals surface area contributed by atoms with E-state index in [4.69, 9.17) is 10.5 Å². The van der Waals surface area contributed by atoms with Gasteiger partial charge >= 0.3 is 0 Å². The molecule has 2 aliphatic rings. The van der Waals surface area contributed by atoms with Crippen molar-refractivity contribution in [2.24, 2.45) is 5.73 Å². The maximum absolute atomic E-state index is 6.13. The van der Waals surface area contributed by atoms with Crippen LogP contribution < -0.4 is 5.73 Å². The normalized spacial score (nSPS) is 44.1. The molecule has 0 aliphatic carbocycles. The number of nitrogens with zero attached hydrogens (tertiary/aromatic N) is 1. The molecule has 4 unspecified atom stereocenters. The average Bonchev–Trinajstić information content (AvgIpc) is 2.72. The van der Waals surface area contributed by atoms with Gasteiger partial charge in [-0.25, -0.2) is 0 Å². The summed E-state index contributed by atoms with van der Waals surface area (Å²) in [5.41, 5.74) is 6.35. The van der Waals surface area contributed by atoms with Crippen LogP contribution in [0.15, 0.2) is 0 Å². The van der Waals surface area contributed by atoms with Crippen molar-refractivity contribution in [3.8, 4) is 0 Å². The Hall–Kier alpha value is 0.230. The van der Waals surface area contributed by atoms with Crippen LogP contribution in [-0.4, -0.2) is 53.3 Å². The number of ether oxygens (including phenoxy) is 1. The Morgan fingerprint density at radius 2 is 2.24 bits per heavy atom. The summed E-state index contributed by atoms with van der Waals surface area (Å²) in [7, 11) is 0. The van der Waals surface area contributed by atoms with E-state index in [1.165, 1.54) is 12.2 Å². The number of morpholine rings is 1. The highest BCUT2D eigenvalue weighted by atomic mass is 32.2. The first kappa shape index (κ1) is 13.7. The van der Waals surface area contributed by atoms with Crippen molar-refractivity contribution in [1.82, 2.24) is 4.90 Å². The second-order valence-corrected chi connectivity index (χ2v) is 7.04. The van der Waals surface area contributed by atoms with Crippen LogP contribution in [0.3, 0.4) is 0 Å². The van der Waals surface area contributed by atoms with Gasteiger partial charge in [0.1, 0.15) is 0 Å². The van der Waals surface area contributed by atoms with Gasteiger partial charge in [-0.05, 0) is 19.8 Å². The first-order valence-electron chi connectivity index (χ1n) is 6.81. The fourth-order valence-corrected chi connectivity index (χ4v) is 4.60. The van der Waals surface area contributed by atoms with E-state index in [0.29, 0.717) is 12.1 Å². The molecule has 0 radical (unpaired) electrons. The molecule has 2 rings (SSSR count). The Balaban J connectivity index is 2.15. The minimum Gasteiger partial charge on any atom is -0.376 e. The molecule has 100 valence electrons. The minimum absolute atomic E-state index is 0.225. The van der Waals surface area contributed by atoms with Gasteiger partial charge in [-0.2, -0.15) is 11.8 Å². The molecule has 0 amide bonds. The molecule has 4 atom stereocenters. The Morgan fingerprint density at radius 3 is 2.76 bits per heavy atom. The standard InChI is InChI=1S/C13H26N2OS/c1-4-12-7-16-10(2)6-15(12)13(8-14)5-11(3)17-9-13/h10-12H,4-9,14H2,1-3H3. The maximum atomic E-state index is 6.13. The maximum Gasteiger partial charge on any atom is 0.0675 e. The summed E-state index contributed by atoms with van der Waals surface area (Å²) < 4.78 is 5.80. The van der Waals surface area contributed by atoms with Crippen molar-refractivity contribution in [2.75, 3.05) is 25.4 Å². The van der Waals surface area contributed by atoms with Gasteiger partial charge in [-0.15, -0.1) is 0 Å². The zero-order valence-electron chi connectivity index (χ0n) is 11.3. The quantitative estimate of drug-likeness (QED) is 0.836. The van der Waals surface area contributed by atoms with Gasteiger partial charge in [0.05, 0.1) is 12.7 Å². The number of rotatable bonds is 3. The highest BCUT2D eigenvalue weighted by molar-refractivity contribution is 8.00. The van der Waals surface area contributed by atoms with E-state index in [1.807, 2.05) is 0 Å². The van der Waals surface area contributed by atoms with E-state index in [1.54, 1.807) is 0 Å². The molecule has 17 heavy (non-hydrogen) atoms. The van der Waals surface area contributed by atoms with E-state index in [-0.39, 0.29) is 5.54 Å². The van der Waals surface area contributed by atoms with Gasteiger partial charge in [0.2, 0.25) is 0 Å². The van der Waals surface area contributed by atoms with Crippen LogP contribution >= 0.6 is 11.8 Å². The molecule has 0 bridgehead atoms. The van der Waals surface area contributed by atoms with Gasteiger partial charge < -0.3 is 10.5 Å². The van der Waals surface area contributed by atoms with Gasteiger partial charge in [-0.3, -0.25) is 4.90 Å². The highest BCUT2D eigenvalue weighted by Crippen LogP contribution is 2.40. The van der Waals surface area contributed by atoms with Crippen LogP contribution in [0.5, 0.6) is 0 Å². The molecule has 0 aromatic heterocycles. The summed E-state index contributed by atoms with van der Waals surface area (Å²) in [5, 5.41) is 0.745. The van der Waals surface area contributed by atoms with Crippen molar-refractivity contribution in [2.45, 2.75) is 56.5 Å². The van der Waals surface area contributed by atoms with E-state index < -0.39 is 0 Å². The van der Waals surface area contributed by atoms with Crippen LogP contribution in [0.25, 0.3) is 0 Å². The molecule has 2 saturated heterocycles. The third-order valence-corrected chi connectivity index (χ3v) is 5.67. The summed E-state index contributed by atoms with van der Waals surface area (Å²) in [6.45, 7) is 9.46. The topological polar surface area (TPSA) is 38.5 Å². The second-order valence-electron chi connectivity index (χ2n) is 5.61. The van der Waals surface area contributed by atoms with E-state index in [9.17, 15) is 0 Å². The zero-order chi connectivity index (χ0) is 12.5. The van der Waals surface area contributed by atoms with Gasteiger partial charge in [0.25, 0.3) is 0 Å². The first-order chi connectivity index (χ1) is 8.11. The third-order valence-electron chi connectivity index (χ3n) is 4.23. The lowest BCUT2D eigenvalue weighted by molar-refractivity contribution is -0.0934. The molecule has 2 heterocycles. The zero-order valence-corrected chi connectivity index (χ0v) is 12.1. The first-order valence-corrected chi connectivity index (χ1v) is 7.86. The predicted molar refractivity (Wildman–Crippen MR) is 74.5 cm³/mol. The highest BCUT2D eigenvalue weighted by Gasteiger charge is 2.46. The molecular weight excluding hydrogens is 232 g/mol. The van der Waals surface area contributed by atoms with Crippen LogP contribution in [0, 0.1) is 0 Å². The number of nitrogens with two attached hydrogens (primary N) is 1. The van der Waals surface area contributed by atoms with Gasteiger partial charge in [-0.1, -0.05) is 13.8 Å². The summed E-state index contributed by atoms with van der Waals surface area (Å²) >= 11 is 2.07. The lowest BCUT2D eigenvalue weighted by Crippen LogP contribution is -2.63. The van der Waals surface area contributed by atoms with Gasteiger partial charge in [0, 0.05) is 35.7 Å². The molecule has 2 aliphatic heterocycles. The molecule has 0 aromatic carbocycles. The summed E-state index contributed by atoms with van der Waals surface area (Å²) in [6, 6.07) is 0.556. The van der Waals surface area contributed by atoms with Crippen molar-refractivity contribution in [3.63, 3.8) is 0 Å². The smallest absolute Gasteiger partial charge is 0.0675 e. The Labute approximate surface area is 109 Å². The average molecular weight is 258 g/mol. The lowest BCUT2D eigenvalue weighted by Gasteiger charge is -2.49. The summed E-state index contributed by atoms with van der Waals surface area (Å²) in [5.74, 6) is 1.19.